The number of hydrogen-bond donors (Lipinski definition) is 1. The number of carbonyl (C=O) groups excluding carboxylic acids is 1. The van der Waals surface area contributed by atoms with Gasteiger partial charge < -0.3 is 9.84 Å². The van der Waals surface area contributed by atoms with Crippen molar-refractivity contribution in [3.8, 4) is 0 Å². The largest absolute Gasteiger partial charge is 0.336 e. The lowest BCUT2D eigenvalue weighted by atomic mass is 10.1. The topological polar surface area (TPSA) is 85.8 Å². The Morgan fingerprint density at radius 2 is 2.20 bits per heavy atom. The van der Waals surface area contributed by atoms with E-state index in [2.05, 4.69) is 20.6 Å². The Hall–Kier alpha value is -2.70. The molecule has 0 saturated heterocycles. The highest BCUT2D eigenvalue weighted by Crippen LogP contribution is 2.22. The summed E-state index contributed by atoms with van der Waals surface area (Å²) in [5.74, 6) is 0.377. The van der Waals surface area contributed by atoms with Gasteiger partial charge in [0.15, 0.2) is 0 Å². The number of nitrogens with zero attached hydrogens (tertiary/aromatic N) is 4. The third-order valence-corrected chi connectivity index (χ3v) is 3.05. The first-order chi connectivity index (χ1) is 9.56. The van der Waals surface area contributed by atoms with Crippen molar-refractivity contribution in [1.82, 2.24) is 19.9 Å². The van der Waals surface area contributed by atoms with E-state index in [0.29, 0.717) is 33.9 Å². The summed E-state index contributed by atoms with van der Waals surface area (Å²) in [5.41, 5.74) is 2.21. The summed E-state index contributed by atoms with van der Waals surface area (Å²) < 4.78 is 6.71. The van der Waals surface area contributed by atoms with Gasteiger partial charge in [-0.3, -0.25) is 9.48 Å². The maximum atomic E-state index is 12.4. The molecule has 0 aromatic carbocycles. The van der Waals surface area contributed by atoms with Crippen LogP contribution in [-0.2, 0) is 7.05 Å². The second kappa shape index (κ2) is 4.44. The second-order valence-electron chi connectivity index (χ2n) is 4.55. The van der Waals surface area contributed by atoms with Gasteiger partial charge in [0.05, 0.1) is 22.8 Å². The highest BCUT2D eigenvalue weighted by Gasteiger charge is 2.18. The number of anilines is 1. The van der Waals surface area contributed by atoms with Crippen LogP contribution in [0.1, 0.15) is 21.7 Å². The molecule has 1 amide bonds. The van der Waals surface area contributed by atoms with Gasteiger partial charge in [-0.1, -0.05) is 5.16 Å². The number of rotatable bonds is 2. The van der Waals surface area contributed by atoms with Crippen LogP contribution in [0.25, 0.3) is 11.1 Å². The first kappa shape index (κ1) is 12.3. The highest BCUT2D eigenvalue weighted by atomic mass is 16.5. The molecule has 20 heavy (non-hydrogen) atoms. The summed E-state index contributed by atoms with van der Waals surface area (Å²) in [6, 6.07) is 3.45. The van der Waals surface area contributed by atoms with Gasteiger partial charge in [-0.2, -0.15) is 5.10 Å². The first-order valence-electron chi connectivity index (χ1n) is 6.09. The maximum Gasteiger partial charge on any atom is 0.258 e. The maximum absolute atomic E-state index is 12.4. The second-order valence-corrected chi connectivity index (χ2v) is 4.55. The molecule has 0 aliphatic rings. The van der Waals surface area contributed by atoms with Crippen molar-refractivity contribution in [2.24, 2.45) is 7.05 Å². The number of nitrogens with one attached hydrogen (secondary N) is 1. The summed E-state index contributed by atoms with van der Waals surface area (Å²) >= 11 is 0. The standard InChI is InChI=1S/C13H13N5O2/c1-7-6-9(11-8(2)17-20-13(11)15-7)12(19)16-10-4-5-14-18(10)3/h4-6H,1-3H3,(H,16,19). The van der Waals surface area contributed by atoms with E-state index in [1.807, 2.05) is 0 Å². The molecule has 0 atom stereocenters. The van der Waals surface area contributed by atoms with Crippen molar-refractivity contribution in [1.29, 1.82) is 0 Å². The predicted octanol–water partition coefficient (Wildman–Crippen LogP) is 1.83. The zero-order valence-corrected chi connectivity index (χ0v) is 11.3. The van der Waals surface area contributed by atoms with Crippen LogP contribution < -0.4 is 5.32 Å². The molecule has 0 bridgehead atoms. The van der Waals surface area contributed by atoms with Crippen LogP contribution in [-0.4, -0.2) is 25.8 Å². The number of hydrogen-bond acceptors (Lipinski definition) is 5. The van der Waals surface area contributed by atoms with E-state index in [0.717, 1.165) is 0 Å². The molecule has 0 fully saturated rings. The first-order valence-corrected chi connectivity index (χ1v) is 6.09. The number of aromatic nitrogens is 4. The van der Waals surface area contributed by atoms with Gasteiger partial charge in [-0.15, -0.1) is 0 Å². The van der Waals surface area contributed by atoms with Crippen LogP contribution in [0.2, 0.25) is 0 Å². The summed E-state index contributed by atoms with van der Waals surface area (Å²) in [4.78, 5) is 16.7. The predicted molar refractivity (Wildman–Crippen MR) is 72.4 cm³/mol. The molecule has 7 nitrogen and oxygen atoms in total. The molecule has 0 aliphatic heterocycles. The third kappa shape index (κ3) is 1.93. The van der Waals surface area contributed by atoms with E-state index in [-0.39, 0.29) is 5.91 Å². The number of aryl methyl sites for hydroxylation is 3. The van der Waals surface area contributed by atoms with E-state index in [1.165, 1.54) is 0 Å². The van der Waals surface area contributed by atoms with E-state index in [4.69, 9.17) is 4.52 Å². The molecule has 0 unspecified atom stereocenters. The van der Waals surface area contributed by atoms with Gasteiger partial charge in [0.1, 0.15) is 5.82 Å². The summed E-state index contributed by atoms with van der Waals surface area (Å²) in [6.45, 7) is 3.59. The quantitative estimate of drug-likeness (QED) is 0.768. The lowest BCUT2D eigenvalue weighted by Crippen LogP contribution is -2.15. The Labute approximate surface area is 114 Å². The molecule has 0 spiro atoms. The van der Waals surface area contributed by atoms with E-state index in [9.17, 15) is 4.79 Å². The average Bonchev–Trinajstić information content (AvgIpc) is 2.96. The number of carbonyl (C=O) groups is 1. The molecule has 102 valence electrons. The van der Waals surface area contributed by atoms with Gasteiger partial charge in [0, 0.05) is 18.8 Å². The van der Waals surface area contributed by atoms with Crippen molar-refractivity contribution in [2.45, 2.75) is 13.8 Å². The normalized spacial score (nSPS) is 10.9. The fraction of sp³-hybridized carbons (Fsp3) is 0.231. The number of amides is 1. The Balaban J connectivity index is 2.07. The molecular formula is C13H13N5O2. The number of pyridine rings is 1. The Morgan fingerprint density at radius 3 is 2.90 bits per heavy atom. The lowest BCUT2D eigenvalue weighted by molar-refractivity contribution is 0.102. The minimum absolute atomic E-state index is 0.240. The zero-order chi connectivity index (χ0) is 14.3. The van der Waals surface area contributed by atoms with Crippen molar-refractivity contribution < 1.29 is 9.32 Å². The van der Waals surface area contributed by atoms with Gasteiger partial charge in [0.25, 0.3) is 11.6 Å². The van der Waals surface area contributed by atoms with Gasteiger partial charge in [-0.05, 0) is 19.9 Å². The van der Waals surface area contributed by atoms with Crippen molar-refractivity contribution in [3.63, 3.8) is 0 Å². The fourth-order valence-corrected chi connectivity index (χ4v) is 2.08. The molecule has 3 aromatic rings. The van der Waals surface area contributed by atoms with E-state index in [1.54, 1.807) is 43.9 Å². The zero-order valence-electron chi connectivity index (χ0n) is 11.3. The fourth-order valence-electron chi connectivity index (χ4n) is 2.08. The molecule has 3 aromatic heterocycles. The Morgan fingerprint density at radius 1 is 1.40 bits per heavy atom. The van der Waals surface area contributed by atoms with Crippen molar-refractivity contribution in [3.05, 3.63) is 35.3 Å². The van der Waals surface area contributed by atoms with Crippen LogP contribution in [0.5, 0.6) is 0 Å². The third-order valence-electron chi connectivity index (χ3n) is 3.05. The lowest BCUT2D eigenvalue weighted by Gasteiger charge is -2.06. The average molecular weight is 271 g/mol. The molecule has 0 radical (unpaired) electrons. The van der Waals surface area contributed by atoms with E-state index >= 15 is 0 Å². The van der Waals surface area contributed by atoms with Gasteiger partial charge in [0.2, 0.25) is 0 Å². The van der Waals surface area contributed by atoms with Gasteiger partial charge in [-0.25, -0.2) is 4.98 Å². The summed E-state index contributed by atoms with van der Waals surface area (Å²) in [6.07, 6.45) is 1.62. The van der Waals surface area contributed by atoms with Gasteiger partial charge >= 0.3 is 0 Å². The minimum atomic E-state index is -0.240. The monoisotopic (exact) mass is 271 g/mol. The Bertz CT molecular complexity index is 802. The van der Waals surface area contributed by atoms with Crippen LogP contribution >= 0.6 is 0 Å². The minimum Gasteiger partial charge on any atom is -0.336 e. The Kier molecular flexibility index (Phi) is 2.74. The molecule has 3 heterocycles. The highest BCUT2D eigenvalue weighted by molar-refractivity contribution is 6.12. The van der Waals surface area contributed by atoms with Crippen LogP contribution in [0.4, 0.5) is 5.82 Å². The summed E-state index contributed by atoms with van der Waals surface area (Å²) in [5, 5.41) is 11.3. The van der Waals surface area contributed by atoms with Crippen molar-refractivity contribution >= 4 is 22.8 Å². The SMILES string of the molecule is Cc1cc(C(=O)Nc2ccnn2C)c2c(C)noc2n1. The van der Waals surface area contributed by atoms with Crippen LogP contribution in [0, 0.1) is 13.8 Å². The van der Waals surface area contributed by atoms with Crippen molar-refractivity contribution in [2.75, 3.05) is 5.32 Å². The molecular weight excluding hydrogens is 258 g/mol. The van der Waals surface area contributed by atoms with Crippen LogP contribution in [0.3, 0.4) is 0 Å². The molecule has 0 aliphatic carbocycles. The number of fused-ring (bicyclic) bond motifs is 1. The van der Waals surface area contributed by atoms with E-state index < -0.39 is 0 Å². The molecule has 0 saturated carbocycles. The smallest absolute Gasteiger partial charge is 0.258 e. The molecule has 3 rings (SSSR count). The molecule has 1 N–H and O–H groups in total. The van der Waals surface area contributed by atoms with Crippen LogP contribution in [0.15, 0.2) is 22.9 Å². The molecule has 7 heteroatoms. The summed E-state index contributed by atoms with van der Waals surface area (Å²) in [7, 11) is 1.76.